The number of hydrazine groups is 1. The van der Waals surface area contributed by atoms with Crippen LogP contribution in [0.5, 0.6) is 17.2 Å². The number of hydrogen-bond acceptors (Lipinski definition) is 5. The van der Waals surface area contributed by atoms with Crippen molar-refractivity contribution in [1.29, 1.82) is 0 Å². The Morgan fingerprint density at radius 1 is 0.564 bits per heavy atom. The highest BCUT2D eigenvalue weighted by Gasteiger charge is 2.27. The van der Waals surface area contributed by atoms with Gasteiger partial charge in [-0.2, -0.15) is 12.8 Å². The Morgan fingerprint density at radius 3 is 1.67 bits per heavy atom. The van der Waals surface area contributed by atoms with E-state index < -0.39 is 16.1 Å². The fourth-order valence-electron chi connectivity index (χ4n) is 3.80. The van der Waals surface area contributed by atoms with Gasteiger partial charge < -0.3 is 9.47 Å². The number of carbonyl (C=O) groups excluding carboxylic acids is 1. The van der Waals surface area contributed by atoms with E-state index in [1.807, 2.05) is 60.7 Å². The monoisotopic (exact) mass is 536 g/mol. The van der Waals surface area contributed by atoms with Gasteiger partial charge in [-0.05, 0) is 71.8 Å². The minimum Gasteiger partial charge on any atom is -0.457 e. The fourth-order valence-corrected chi connectivity index (χ4v) is 5.08. The van der Waals surface area contributed by atoms with Gasteiger partial charge in [0.25, 0.3) is 10.0 Å². The zero-order chi connectivity index (χ0) is 27.1. The maximum Gasteiger partial charge on any atom is 0.432 e. The molecule has 5 rings (SSSR count). The van der Waals surface area contributed by atoms with Gasteiger partial charge in [-0.1, -0.05) is 78.9 Å². The van der Waals surface area contributed by atoms with Crippen molar-refractivity contribution in [2.45, 2.75) is 4.90 Å². The summed E-state index contributed by atoms with van der Waals surface area (Å²) in [6.07, 6.45) is -0.972. The van der Waals surface area contributed by atoms with E-state index in [0.29, 0.717) is 11.5 Å². The fraction of sp³-hybridized carbons (Fsp3) is 0. The van der Waals surface area contributed by atoms with Crippen LogP contribution in [-0.2, 0) is 10.0 Å². The summed E-state index contributed by atoms with van der Waals surface area (Å²) in [6, 6.07) is 40.0. The third-order valence-corrected chi connectivity index (χ3v) is 7.35. The van der Waals surface area contributed by atoms with E-state index in [2.05, 4.69) is 5.43 Å². The summed E-state index contributed by atoms with van der Waals surface area (Å²) in [6.45, 7) is 0. The van der Waals surface area contributed by atoms with Crippen LogP contribution in [0.1, 0.15) is 0 Å². The molecule has 39 heavy (non-hydrogen) atoms. The first kappa shape index (κ1) is 25.6. The van der Waals surface area contributed by atoms with Crippen LogP contribution >= 0.6 is 0 Å². The molecule has 5 aromatic carbocycles. The molecule has 0 bridgehead atoms. The normalized spacial score (nSPS) is 10.9. The molecule has 1 N–H and O–H groups in total. The van der Waals surface area contributed by atoms with Crippen LogP contribution in [0.3, 0.4) is 0 Å². The van der Waals surface area contributed by atoms with E-state index in [4.69, 9.17) is 9.47 Å². The third kappa shape index (κ3) is 6.26. The molecule has 1 amide bonds. The lowest BCUT2D eigenvalue weighted by Gasteiger charge is -2.24. The average molecular weight is 537 g/mol. The van der Waals surface area contributed by atoms with Gasteiger partial charge in [0.2, 0.25) is 0 Å². The molecule has 0 unspecified atom stereocenters. The molecule has 194 valence electrons. The van der Waals surface area contributed by atoms with Crippen molar-refractivity contribution in [3.05, 3.63) is 140 Å². The number of para-hydroxylation sites is 2. The number of benzene rings is 5. The lowest BCUT2D eigenvalue weighted by Crippen LogP contribution is -2.47. The van der Waals surface area contributed by atoms with Gasteiger partial charge in [0.05, 0.1) is 10.6 Å². The van der Waals surface area contributed by atoms with Gasteiger partial charge in [-0.25, -0.2) is 10.2 Å². The van der Waals surface area contributed by atoms with Crippen molar-refractivity contribution in [2.75, 3.05) is 4.41 Å². The number of carbonyl (C=O) groups is 1. The predicted octanol–water partition coefficient (Wildman–Crippen LogP) is 7.04. The predicted molar refractivity (Wildman–Crippen MR) is 150 cm³/mol. The summed E-state index contributed by atoms with van der Waals surface area (Å²) in [5.74, 6) is 1.44. The van der Waals surface area contributed by atoms with Gasteiger partial charge in [0, 0.05) is 0 Å². The van der Waals surface area contributed by atoms with Crippen LogP contribution in [0.15, 0.2) is 144 Å². The summed E-state index contributed by atoms with van der Waals surface area (Å²) >= 11 is 0. The molecule has 5 aromatic rings. The molecule has 0 aliphatic heterocycles. The molecule has 0 saturated carbocycles. The molecule has 0 atom stereocenters. The van der Waals surface area contributed by atoms with Crippen LogP contribution in [0, 0.1) is 0 Å². The van der Waals surface area contributed by atoms with E-state index >= 15 is 0 Å². The molecule has 8 heteroatoms. The molecular formula is C31H24N2O5S. The summed E-state index contributed by atoms with van der Waals surface area (Å²) < 4.78 is 39.2. The third-order valence-electron chi connectivity index (χ3n) is 5.70. The van der Waals surface area contributed by atoms with Gasteiger partial charge in [-0.15, -0.1) is 0 Å². The van der Waals surface area contributed by atoms with Gasteiger partial charge in [0.15, 0.2) is 0 Å². The van der Waals surface area contributed by atoms with Crippen LogP contribution in [0.25, 0.3) is 11.1 Å². The lowest BCUT2D eigenvalue weighted by molar-refractivity contribution is 0.201. The maximum atomic E-state index is 13.6. The Bertz CT molecular complexity index is 1630. The van der Waals surface area contributed by atoms with Gasteiger partial charge in [0.1, 0.15) is 17.2 Å². The van der Waals surface area contributed by atoms with Crippen molar-refractivity contribution in [2.24, 2.45) is 0 Å². The van der Waals surface area contributed by atoms with Gasteiger partial charge in [-0.3, -0.25) is 0 Å². The zero-order valence-corrected chi connectivity index (χ0v) is 21.5. The lowest BCUT2D eigenvalue weighted by atomic mass is 10.1. The molecule has 0 radical (unpaired) electrons. The topological polar surface area (TPSA) is 84.9 Å². The van der Waals surface area contributed by atoms with E-state index in [-0.39, 0.29) is 16.3 Å². The highest BCUT2D eigenvalue weighted by molar-refractivity contribution is 7.92. The molecule has 7 nitrogen and oxygen atoms in total. The molecule has 0 spiro atoms. The van der Waals surface area contributed by atoms with E-state index in [1.54, 1.807) is 66.7 Å². The Hall–Kier alpha value is -5.08. The maximum absolute atomic E-state index is 13.6. The second-order valence-electron chi connectivity index (χ2n) is 8.38. The number of ether oxygens (including phenoxy) is 2. The first-order valence-electron chi connectivity index (χ1n) is 12.1. The second kappa shape index (κ2) is 11.5. The Morgan fingerprint density at radius 2 is 1.05 bits per heavy atom. The van der Waals surface area contributed by atoms with Crippen molar-refractivity contribution >= 4 is 21.8 Å². The Balaban J connectivity index is 1.33. The standard InChI is InChI=1S/C31H24N2O5S/c34-31(38-29-20-18-28(19-21-29)37-27-14-8-3-9-15-27)32-33(26-12-6-2-7-13-26)39(35,36)30-22-16-25(17-23-30)24-10-4-1-5-11-24/h1-23H,(H,32,34). The van der Waals surface area contributed by atoms with E-state index in [1.165, 1.54) is 12.1 Å². The highest BCUT2D eigenvalue weighted by atomic mass is 32.2. The largest absolute Gasteiger partial charge is 0.457 e. The Labute approximate surface area is 226 Å². The van der Waals surface area contributed by atoms with Crippen LogP contribution in [0.2, 0.25) is 0 Å². The first-order chi connectivity index (χ1) is 19.0. The number of rotatable bonds is 8. The molecule has 0 saturated heterocycles. The minimum absolute atomic E-state index is 0.00810. The van der Waals surface area contributed by atoms with Crippen LogP contribution in [-0.4, -0.2) is 14.5 Å². The van der Waals surface area contributed by atoms with Crippen molar-refractivity contribution in [3.63, 3.8) is 0 Å². The van der Waals surface area contributed by atoms with E-state index in [9.17, 15) is 13.2 Å². The van der Waals surface area contributed by atoms with Gasteiger partial charge >= 0.3 is 6.09 Å². The molecular weight excluding hydrogens is 512 g/mol. The number of nitrogens with one attached hydrogen (secondary N) is 1. The second-order valence-corrected chi connectivity index (χ2v) is 10.2. The molecule has 0 aromatic heterocycles. The number of nitrogens with zero attached hydrogens (tertiary/aromatic N) is 1. The molecule has 0 heterocycles. The molecule has 0 fully saturated rings. The Kier molecular flexibility index (Phi) is 7.56. The van der Waals surface area contributed by atoms with Crippen LogP contribution in [0.4, 0.5) is 10.5 Å². The number of amides is 1. The average Bonchev–Trinajstić information content (AvgIpc) is 2.98. The molecule has 0 aliphatic carbocycles. The highest BCUT2D eigenvalue weighted by Crippen LogP contribution is 2.26. The van der Waals surface area contributed by atoms with Crippen molar-refractivity contribution < 1.29 is 22.7 Å². The van der Waals surface area contributed by atoms with Crippen molar-refractivity contribution in [3.8, 4) is 28.4 Å². The minimum atomic E-state index is -4.18. The molecule has 0 aliphatic rings. The smallest absolute Gasteiger partial charge is 0.432 e. The SMILES string of the molecule is O=C(NN(c1ccccc1)S(=O)(=O)c1ccc(-c2ccccc2)cc1)Oc1ccc(Oc2ccccc2)cc1. The first-order valence-corrected chi connectivity index (χ1v) is 13.5. The summed E-state index contributed by atoms with van der Waals surface area (Å²) in [4.78, 5) is 12.8. The summed E-state index contributed by atoms with van der Waals surface area (Å²) in [7, 11) is -4.18. The van der Waals surface area contributed by atoms with E-state index in [0.717, 1.165) is 15.5 Å². The quantitative estimate of drug-likeness (QED) is 0.215. The summed E-state index contributed by atoms with van der Waals surface area (Å²) in [5.41, 5.74) is 4.45. The van der Waals surface area contributed by atoms with Crippen LogP contribution < -0.4 is 19.3 Å². The zero-order valence-electron chi connectivity index (χ0n) is 20.7. The number of hydrogen-bond donors (Lipinski definition) is 1. The van der Waals surface area contributed by atoms with Crippen molar-refractivity contribution in [1.82, 2.24) is 5.43 Å². The summed E-state index contributed by atoms with van der Waals surface area (Å²) in [5, 5.41) is 0. The number of anilines is 1. The number of sulfonamides is 1.